The van der Waals surface area contributed by atoms with E-state index in [4.69, 9.17) is 4.74 Å². The highest BCUT2D eigenvalue weighted by molar-refractivity contribution is 5.70. The number of carbonyl (C=O) groups is 1. The summed E-state index contributed by atoms with van der Waals surface area (Å²) < 4.78 is 81.7. The number of nitrogens with zero attached hydrogens (tertiary/aromatic N) is 1. The third-order valence-corrected chi connectivity index (χ3v) is 3.49. The minimum Gasteiger partial charge on any atom is -0.439 e. The number of ether oxygens (including phenoxy) is 1. The van der Waals surface area contributed by atoms with Gasteiger partial charge in [0.1, 0.15) is 0 Å². The largest absolute Gasteiger partial charge is 0.439 e. The first-order valence-corrected chi connectivity index (χ1v) is 6.29. The van der Waals surface area contributed by atoms with Gasteiger partial charge < -0.3 is 14.7 Å². The molecule has 2 unspecified atom stereocenters. The molecule has 1 N–H and O–H groups in total. The Balaban J connectivity index is 2.56. The molecule has 23 heavy (non-hydrogen) atoms. The number of alkyl halides is 6. The normalized spacial score (nSPS) is 22.4. The first kappa shape index (κ1) is 17.4. The Morgan fingerprint density at radius 1 is 1.09 bits per heavy atom. The van der Waals surface area contributed by atoms with Gasteiger partial charge in [-0.3, -0.25) is 0 Å². The molecule has 0 spiro atoms. The summed E-state index contributed by atoms with van der Waals surface area (Å²) in [5.41, 5.74) is -3.50. The van der Waals surface area contributed by atoms with Gasteiger partial charge in [0.05, 0.1) is 23.8 Å². The van der Waals surface area contributed by atoms with Gasteiger partial charge in [-0.25, -0.2) is 4.79 Å². The maximum absolute atomic E-state index is 12.8. The lowest BCUT2D eigenvalue weighted by atomic mass is 9.97. The van der Waals surface area contributed by atoms with Gasteiger partial charge in [-0.05, 0) is 23.8 Å². The van der Waals surface area contributed by atoms with Crippen molar-refractivity contribution in [1.29, 1.82) is 0 Å². The molecule has 1 saturated heterocycles. The molecule has 1 heterocycles. The molecule has 0 aliphatic carbocycles. The van der Waals surface area contributed by atoms with Crippen molar-refractivity contribution in [1.82, 2.24) is 4.90 Å². The van der Waals surface area contributed by atoms with Crippen LogP contribution in [0.3, 0.4) is 0 Å². The Hall–Kier alpha value is -1.97. The van der Waals surface area contributed by atoms with Gasteiger partial charge in [0.15, 0.2) is 6.10 Å². The molecule has 1 aliphatic heterocycles. The monoisotopic (exact) mass is 343 g/mol. The molecule has 128 valence electrons. The standard InChI is InChI=1S/C13H11F6NO3/c1-20-9(5-21)10(23-11(20)22)6-2-7(12(14,15)16)4-8(3-6)13(17,18)19/h2-4,9-10,21H,5H2,1H3. The van der Waals surface area contributed by atoms with Crippen molar-refractivity contribution >= 4 is 6.09 Å². The molecule has 0 saturated carbocycles. The van der Waals surface area contributed by atoms with Crippen LogP contribution >= 0.6 is 0 Å². The number of halogens is 6. The molecule has 1 aromatic rings. The number of amides is 1. The molecule has 4 nitrogen and oxygen atoms in total. The molecule has 1 amide bonds. The highest BCUT2D eigenvalue weighted by Crippen LogP contribution is 2.40. The van der Waals surface area contributed by atoms with Crippen LogP contribution < -0.4 is 0 Å². The molecule has 2 rings (SSSR count). The molecule has 1 aromatic carbocycles. The van der Waals surface area contributed by atoms with Gasteiger partial charge in [0, 0.05) is 7.05 Å². The summed E-state index contributed by atoms with van der Waals surface area (Å²) in [6, 6.07) is -0.130. The lowest BCUT2D eigenvalue weighted by molar-refractivity contribution is -0.143. The van der Waals surface area contributed by atoms with E-state index in [2.05, 4.69) is 0 Å². The van der Waals surface area contributed by atoms with Crippen molar-refractivity contribution in [2.45, 2.75) is 24.5 Å². The smallest absolute Gasteiger partial charge is 0.416 e. The van der Waals surface area contributed by atoms with Crippen LogP contribution in [0.4, 0.5) is 31.1 Å². The average molecular weight is 343 g/mol. The van der Waals surface area contributed by atoms with Crippen molar-refractivity contribution in [3.8, 4) is 0 Å². The van der Waals surface area contributed by atoms with Crippen LogP contribution in [-0.4, -0.2) is 35.8 Å². The highest BCUT2D eigenvalue weighted by Gasteiger charge is 2.43. The van der Waals surface area contributed by atoms with Crippen LogP contribution in [0.15, 0.2) is 18.2 Å². The quantitative estimate of drug-likeness (QED) is 0.839. The van der Waals surface area contributed by atoms with E-state index in [1.165, 1.54) is 7.05 Å². The summed E-state index contributed by atoms with van der Waals surface area (Å²) in [5, 5.41) is 9.23. The van der Waals surface area contributed by atoms with Crippen molar-refractivity contribution in [2.24, 2.45) is 0 Å². The number of aliphatic hydroxyl groups excluding tert-OH is 1. The zero-order chi connectivity index (χ0) is 17.6. The molecule has 1 aliphatic rings. The first-order chi connectivity index (χ1) is 10.4. The van der Waals surface area contributed by atoms with Gasteiger partial charge in [0.2, 0.25) is 0 Å². The van der Waals surface area contributed by atoms with E-state index in [9.17, 15) is 36.2 Å². The lowest BCUT2D eigenvalue weighted by Gasteiger charge is -2.21. The average Bonchev–Trinajstić information content (AvgIpc) is 2.72. The second-order valence-electron chi connectivity index (χ2n) is 5.00. The first-order valence-electron chi connectivity index (χ1n) is 6.29. The number of aliphatic hydroxyl groups is 1. The van der Waals surface area contributed by atoms with Crippen molar-refractivity contribution in [3.63, 3.8) is 0 Å². The Kier molecular flexibility index (Phi) is 4.22. The van der Waals surface area contributed by atoms with Crippen LogP contribution in [0.5, 0.6) is 0 Å². The highest BCUT2D eigenvalue weighted by atomic mass is 19.4. The van der Waals surface area contributed by atoms with Gasteiger partial charge >= 0.3 is 18.4 Å². The second-order valence-corrected chi connectivity index (χ2v) is 5.00. The van der Waals surface area contributed by atoms with Crippen LogP contribution in [-0.2, 0) is 17.1 Å². The maximum Gasteiger partial charge on any atom is 0.416 e. The zero-order valence-electron chi connectivity index (χ0n) is 11.6. The molecule has 0 bridgehead atoms. The minimum atomic E-state index is -5.00. The number of hydrogen-bond donors (Lipinski definition) is 1. The predicted octanol–water partition coefficient (Wildman–Crippen LogP) is 3.21. The summed E-state index contributed by atoms with van der Waals surface area (Å²) in [5.74, 6) is 0. The van der Waals surface area contributed by atoms with E-state index in [0.717, 1.165) is 4.90 Å². The lowest BCUT2D eigenvalue weighted by Crippen LogP contribution is -2.33. The van der Waals surface area contributed by atoms with E-state index in [-0.39, 0.29) is 6.07 Å². The molecule has 1 fully saturated rings. The van der Waals surface area contributed by atoms with Gasteiger partial charge in [-0.1, -0.05) is 0 Å². The van der Waals surface area contributed by atoms with Crippen LogP contribution in [0.25, 0.3) is 0 Å². The van der Waals surface area contributed by atoms with E-state index in [0.29, 0.717) is 12.1 Å². The number of cyclic esters (lactones) is 1. The number of benzene rings is 1. The summed E-state index contributed by atoms with van der Waals surface area (Å²) in [6.45, 7) is -0.676. The summed E-state index contributed by atoms with van der Waals surface area (Å²) in [6.07, 6.45) is -12.4. The number of hydrogen-bond acceptors (Lipinski definition) is 3. The fourth-order valence-electron chi connectivity index (χ4n) is 2.26. The summed E-state index contributed by atoms with van der Waals surface area (Å²) in [4.78, 5) is 12.4. The SMILES string of the molecule is CN1C(=O)OC(c2cc(C(F)(F)F)cc(C(F)(F)F)c2)C1CO. The Morgan fingerprint density at radius 3 is 1.96 bits per heavy atom. The van der Waals surface area contributed by atoms with Gasteiger partial charge in [-0.2, -0.15) is 26.3 Å². The van der Waals surface area contributed by atoms with E-state index >= 15 is 0 Å². The van der Waals surface area contributed by atoms with Gasteiger partial charge in [0.25, 0.3) is 0 Å². The molecular formula is C13H11F6NO3. The Labute approximate surface area is 126 Å². The predicted molar refractivity (Wildman–Crippen MR) is 64.3 cm³/mol. The molecule has 0 aromatic heterocycles. The minimum absolute atomic E-state index is 0.0159. The van der Waals surface area contributed by atoms with E-state index < -0.39 is 53.9 Å². The topological polar surface area (TPSA) is 49.8 Å². The maximum atomic E-state index is 12.8. The van der Waals surface area contributed by atoms with E-state index in [1.54, 1.807) is 0 Å². The molecular weight excluding hydrogens is 332 g/mol. The van der Waals surface area contributed by atoms with Crippen molar-refractivity contribution < 1.29 is 41.0 Å². The Bertz CT molecular complexity index is 580. The van der Waals surface area contributed by atoms with E-state index in [1.807, 2.05) is 0 Å². The van der Waals surface area contributed by atoms with Crippen LogP contribution in [0.2, 0.25) is 0 Å². The zero-order valence-corrected chi connectivity index (χ0v) is 11.6. The number of carbonyl (C=O) groups excluding carboxylic acids is 1. The molecule has 0 radical (unpaired) electrons. The number of rotatable bonds is 2. The second kappa shape index (κ2) is 5.59. The number of likely N-dealkylation sites (N-methyl/N-ethyl adjacent to an activating group) is 1. The van der Waals surface area contributed by atoms with Crippen LogP contribution in [0.1, 0.15) is 22.8 Å². The van der Waals surface area contributed by atoms with Gasteiger partial charge in [-0.15, -0.1) is 0 Å². The fourth-order valence-corrected chi connectivity index (χ4v) is 2.26. The van der Waals surface area contributed by atoms with Crippen molar-refractivity contribution in [2.75, 3.05) is 13.7 Å². The third kappa shape index (κ3) is 3.36. The summed E-state index contributed by atoms with van der Waals surface area (Å²) >= 11 is 0. The third-order valence-electron chi connectivity index (χ3n) is 3.49. The molecule has 10 heteroatoms. The Morgan fingerprint density at radius 2 is 1.57 bits per heavy atom. The van der Waals surface area contributed by atoms with Crippen molar-refractivity contribution in [3.05, 3.63) is 34.9 Å². The van der Waals surface area contributed by atoms with Crippen LogP contribution in [0, 0.1) is 0 Å². The molecule has 2 atom stereocenters. The summed E-state index contributed by atoms with van der Waals surface area (Å²) in [7, 11) is 1.22. The fraction of sp³-hybridized carbons (Fsp3) is 0.462.